The second-order valence-electron chi connectivity index (χ2n) is 6.09. The van der Waals surface area contributed by atoms with Gasteiger partial charge in [-0.15, -0.1) is 0 Å². The number of nitrogens with zero attached hydrogens (tertiary/aromatic N) is 2. The predicted molar refractivity (Wildman–Crippen MR) is 86.8 cm³/mol. The van der Waals surface area contributed by atoms with Crippen molar-refractivity contribution >= 4 is 5.69 Å². The Morgan fingerprint density at radius 3 is 2.52 bits per heavy atom. The Labute approximate surface area is 134 Å². The third-order valence-electron chi connectivity index (χ3n) is 4.48. The summed E-state index contributed by atoms with van der Waals surface area (Å²) in [5, 5.41) is 0. The molecular weight excluding hydrogens is 291 g/mol. The van der Waals surface area contributed by atoms with E-state index in [4.69, 9.17) is 4.74 Å². The third-order valence-corrected chi connectivity index (χ3v) is 4.48. The molecule has 1 aliphatic heterocycles. The van der Waals surface area contributed by atoms with E-state index >= 15 is 0 Å². The Balaban J connectivity index is 1.71. The minimum Gasteiger partial charge on any atom is -0.443 e. The minimum atomic E-state index is -0.248. The molecule has 0 N–H and O–H groups in total. The van der Waals surface area contributed by atoms with Gasteiger partial charge in [-0.25, -0.2) is 9.38 Å². The quantitative estimate of drug-likeness (QED) is 0.763. The third kappa shape index (κ3) is 2.93. The molecule has 4 rings (SSSR count). The normalized spacial score (nSPS) is 18.0. The van der Waals surface area contributed by atoms with Crippen LogP contribution in [0.15, 0.2) is 58.8 Å². The van der Waals surface area contributed by atoms with E-state index < -0.39 is 0 Å². The highest BCUT2D eigenvalue weighted by Crippen LogP contribution is 2.31. The molecule has 1 aromatic carbocycles. The maximum atomic E-state index is 13.0. The molecule has 3 nitrogen and oxygen atoms in total. The molecule has 2 aromatic rings. The van der Waals surface area contributed by atoms with Gasteiger partial charge < -0.3 is 4.74 Å². The number of hydrogen-bond acceptors (Lipinski definition) is 2. The van der Waals surface area contributed by atoms with Gasteiger partial charge in [-0.1, -0.05) is 12.5 Å². The fourth-order valence-corrected chi connectivity index (χ4v) is 3.25. The van der Waals surface area contributed by atoms with Gasteiger partial charge >= 0.3 is 0 Å². The fraction of sp³-hybridized carbons (Fsp3) is 0.316. The highest BCUT2D eigenvalue weighted by molar-refractivity contribution is 5.36. The molecule has 2 heterocycles. The molecule has 4 heteroatoms. The van der Waals surface area contributed by atoms with Gasteiger partial charge in [-0.2, -0.15) is 0 Å². The van der Waals surface area contributed by atoms with Crippen LogP contribution in [-0.2, 0) is 6.54 Å². The molecule has 23 heavy (non-hydrogen) atoms. The average molecular weight is 310 g/mol. The summed E-state index contributed by atoms with van der Waals surface area (Å²) in [7, 11) is 0. The maximum Gasteiger partial charge on any atom is 0.201 e. The summed E-state index contributed by atoms with van der Waals surface area (Å²) in [5.74, 6) is 1.68. The van der Waals surface area contributed by atoms with Gasteiger partial charge in [0.25, 0.3) is 0 Å². The van der Waals surface area contributed by atoms with Gasteiger partial charge in [0, 0.05) is 0 Å². The van der Waals surface area contributed by atoms with Crippen molar-refractivity contribution in [3.8, 4) is 5.88 Å². The molecule has 118 valence electrons. The zero-order valence-electron chi connectivity index (χ0n) is 13.0. The first-order valence-corrected chi connectivity index (χ1v) is 8.18. The van der Waals surface area contributed by atoms with Crippen LogP contribution in [0.25, 0.3) is 0 Å². The van der Waals surface area contributed by atoms with E-state index in [1.165, 1.54) is 37.0 Å². The Kier molecular flexibility index (Phi) is 3.74. The smallest absolute Gasteiger partial charge is 0.201 e. The lowest BCUT2D eigenvalue weighted by atomic mass is 9.94. The monoisotopic (exact) mass is 310 g/mol. The molecule has 0 spiro atoms. The number of halogens is 1. The van der Waals surface area contributed by atoms with Crippen molar-refractivity contribution in [3.05, 3.63) is 65.1 Å². The minimum absolute atomic E-state index is 0.248. The molecule has 0 saturated heterocycles. The van der Waals surface area contributed by atoms with Crippen molar-refractivity contribution in [2.24, 2.45) is 4.99 Å². The number of pyridine rings is 1. The van der Waals surface area contributed by atoms with Crippen LogP contribution in [-0.4, -0.2) is 4.57 Å². The first-order valence-electron chi connectivity index (χ1n) is 8.18. The van der Waals surface area contributed by atoms with Crippen molar-refractivity contribution in [3.63, 3.8) is 0 Å². The summed E-state index contributed by atoms with van der Waals surface area (Å²) in [5.41, 5.74) is 3.03. The van der Waals surface area contributed by atoms with E-state index in [2.05, 4.69) is 9.56 Å². The Morgan fingerprint density at radius 1 is 0.957 bits per heavy atom. The molecule has 0 radical (unpaired) electrons. The van der Waals surface area contributed by atoms with E-state index in [0.29, 0.717) is 0 Å². The lowest BCUT2D eigenvalue weighted by molar-refractivity contribution is 0.422. The maximum absolute atomic E-state index is 13.0. The average Bonchev–Trinajstić information content (AvgIpc) is 3.03. The molecule has 0 bridgehead atoms. The van der Waals surface area contributed by atoms with Gasteiger partial charge in [-0.3, -0.25) is 4.57 Å². The highest BCUT2D eigenvalue weighted by Gasteiger charge is 2.21. The number of allylic oxidation sites excluding steroid dienone is 2. The topological polar surface area (TPSA) is 26.5 Å². The number of ether oxygens (including phenoxy) is 1. The van der Waals surface area contributed by atoms with Crippen molar-refractivity contribution in [2.75, 3.05) is 0 Å². The second-order valence-corrected chi connectivity index (χ2v) is 6.09. The summed E-state index contributed by atoms with van der Waals surface area (Å²) in [6.45, 7) is 0.742. The molecule has 2 aliphatic rings. The molecule has 0 unspecified atom stereocenters. The summed E-state index contributed by atoms with van der Waals surface area (Å²) in [6, 6.07) is 12.1. The molecular formula is C19H19FN2O. The largest absolute Gasteiger partial charge is 0.443 e. The summed E-state index contributed by atoms with van der Waals surface area (Å²) in [6.07, 6.45) is 6.14. The Morgan fingerprint density at radius 2 is 1.74 bits per heavy atom. The standard InChI is InChI=1S/C19H19FN2O/c20-15-9-11-16(12-10-15)21-18-7-4-8-19-22(18)13-17(23-19)14-5-2-1-3-6-14/h4,7-12H,1-3,5-6,13H2. The molecule has 1 fully saturated rings. The fourth-order valence-electron chi connectivity index (χ4n) is 3.25. The van der Waals surface area contributed by atoms with Gasteiger partial charge in [0.1, 0.15) is 17.1 Å². The molecule has 1 aromatic heterocycles. The van der Waals surface area contributed by atoms with Crippen LogP contribution in [0.3, 0.4) is 0 Å². The van der Waals surface area contributed by atoms with E-state index in [1.807, 2.05) is 18.2 Å². The van der Waals surface area contributed by atoms with E-state index in [1.54, 1.807) is 12.1 Å². The summed E-state index contributed by atoms with van der Waals surface area (Å²) in [4.78, 5) is 4.63. The van der Waals surface area contributed by atoms with Crippen LogP contribution < -0.4 is 10.2 Å². The van der Waals surface area contributed by atoms with E-state index in [-0.39, 0.29) is 5.82 Å². The lowest BCUT2D eigenvalue weighted by Crippen LogP contribution is -2.17. The van der Waals surface area contributed by atoms with Crippen LogP contribution in [0.2, 0.25) is 0 Å². The van der Waals surface area contributed by atoms with Crippen LogP contribution in [0.1, 0.15) is 32.1 Å². The van der Waals surface area contributed by atoms with Crippen LogP contribution in [0, 0.1) is 5.82 Å². The Hall–Kier alpha value is -2.36. The molecule has 1 aliphatic carbocycles. The Bertz CT molecular complexity index is 810. The van der Waals surface area contributed by atoms with Crippen LogP contribution in [0.5, 0.6) is 5.88 Å². The zero-order chi connectivity index (χ0) is 15.6. The molecule has 0 atom stereocenters. The number of aromatic nitrogens is 1. The first-order chi connectivity index (χ1) is 11.3. The number of fused-ring (bicyclic) bond motifs is 1. The van der Waals surface area contributed by atoms with E-state index in [9.17, 15) is 4.39 Å². The number of hydrogen-bond donors (Lipinski definition) is 0. The SMILES string of the molecule is Fc1ccc(N=c2cccc3n2CC(=C2CCCCC2)O3)cc1. The van der Waals surface area contributed by atoms with Gasteiger partial charge in [0.2, 0.25) is 5.88 Å². The lowest BCUT2D eigenvalue weighted by Gasteiger charge is -2.15. The number of benzene rings is 1. The summed E-state index contributed by atoms with van der Waals surface area (Å²) < 4.78 is 21.2. The molecule has 0 amide bonds. The summed E-state index contributed by atoms with van der Waals surface area (Å²) >= 11 is 0. The van der Waals surface area contributed by atoms with Gasteiger partial charge in [-0.05, 0) is 67.7 Å². The second kappa shape index (κ2) is 6.03. The van der Waals surface area contributed by atoms with Gasteiger partial charge in [0.05, 0.1) is 12.2 Å². The van der Waals surface area contributed by atoms with Crippen molar-refractivity contribution in [2.45, 2.75) is 38.6 Å². The highest BCUT2D eigenvalue weighted by atomic mass is 19.1. The van der Waals surface area contributed by atoms with E-state index in [0.717, 1.165) is 42.2 Å². The van der Waals surface area contributed by atoms with Crippen molar-refractivity contribution in [1.82, 2.24) is 4.57 Å². The van der Waals surface area contributed by atoms with Crippen LogP contribution in [0.4, 0.5) is 10.1 Å². The van der Waals surface area contributed by atoms with Crippen molar-refractivity contribution < 1.29 is 9.13 Å². The molecule has 1 saturated carbocycles. The van der Waals surface area contributed by atoms with Crippen molar-refractivity contribution in [1.29, 1.82) is 0 Å². The van der Waals surface area contributed by atoms with Gasteiger partial charge in [0.15, 0.2) is 0 Å². The number of rotatable bonds is 1. The first kappa shape index (κ1) is 14.2. The zero-order valence-corrected chi connectivity index (χ0v) is 13.0. The predicted octanol–water partition coefficient (Wildman–Crippen LogP) is 4.47. The van der Waals surface area contributed by atoms with Crippen LogP contribution >= 0.6 is 0 Å².